The summed E-state index contributed by atoms with van der Waals surface area (Å²) in [7, 11) is 3.69. The number of furan rings is 1. The molecule has 1 aliphatic heterocycles. The van der Waals surface area contributed by atoms with Gasteiger partial charge in [-0.05, 0) is 29.7 Å². The van der Waals surface area contributed by atoms with E-state index in [0.29, 0.717) is 6.42 Å². The van der Waals surface area contributed by atoms with Crippen LogP contribution < -0.4 is 0 Å². The maximum absolute atomic E-state index is 13.2. The van der Waals surface area contributed by atoms with Gasteiger partial charge in [-0.1, -0.05) is 42.5 Å². The molecule has 0 saturated carbocycles. The van der Waals surface area contributed by atoms with Crippen LogP contribution in [0.2, 0.25) is 0 Å². The van der Waals surface area contributed by atoms with E-state index in [1.807, 2.05) is 54.4 Å². The number of carbonyl (C=O) groups excluding carboxylic acids is 1. The highest BCUT2D eigenvalue weighted by Gasteiger charge is 2.29. The van der Waals surface area contributed by atoms with Crippen molar-refractivity contribution < 1.29 is 13.9 Å². The lowest BCUT2D eigenvalue weighted by atomic mass is 10.0. The summed E-state index contributed by atoms with van der Waals surface area (Å²) >= 11 is 0. The summed E-state index contributed by atoms with van der Waals surface area (Å²) in [6, 6.07) is 18.1. The molecular formula is C24H28N2O3. The number of fused-ring (bicyclic) bond motifs is 1. The Morgan fingerprint density at radius 1 is 1.21 bits per heavy atom. The van der Waals surface area contributed by atoms with Crippen molar-refractivity contribution in [2.24, 2.45) is 0 Å². The topological polar surface area (TPSA) is 45.9 Å². The van der Waals surface area contributed by atoms with Crippen LogP contribution in [0.1, 0.15) is 23.6 Å². The van der Waals surface area contributed by atoms with E-state index >= 15 is 0 Å². The van der Waals surface area contributed by atoms with Crippen LogP contribution in [0.15, 0.2) is 65.3 Å². The van der Waals surface area contributed by atoms with Crippen molar-refractivity contribution in [3.05, 3.63) is 72.0 Å². The zero-order valence-electron chi connectivity index (χ0n) is 17.1. The molecule has 29 heavy (non-hydrogen) atoms. The van der Waals surface area contributed by atoms with Gasteiger partial charge in [0.1, 0.15) is 5.58 Å². The molecule has 5 nitrogen and oxygen atoms in total. The fourth-order valence-electron chi connectivity index (χ4n) is 4.20. The van der Waals surface area contributed by atoms with E-state index in [-0.39, 0.29) is 18.1 Å². The number of benzene rings is 2. The molecule has 1 amide bonds. The second-order valence-electron chi connectivity index (χ2n) is 7.76. The monoisotopic (exact) mass is 392 g/mol. The third-order valence-electron chi connectivity index (χ3n) is 5.97. The SMILES string of the molecule is COC1CCN(CC(c2ccccc2)N(C)C(=O)Cc2cccc3occc23)C1. The Balaban J connectivity index is 1.53. The molecule has 152 valence electrons. The van der Waals surface area contributed by atoms with Crippen molar-refractivity contribution >= 4 is 16.9 Å². The van der Waals surface area contributed by atoms with Crippen LogP contribution >= 0.6 is 0 Å². The summed E-state index contributed by atoms with van der Waals surface area (Å²) in [6.07, 6.45) is 3.36. The molecule has 0 bridgehead atoms. The molecule has 2 aromatic carbocycles. The van der Waals surface area contributed by atoms with Gasteiger partial charge in [0, 0.05) is 39.2 Å². The summed E-state index contributed by atoms with van der Waals surface area (Å²) in [6.45, 7) is 2.72. The second kappa shape index (κ2) is 8.80. The van der Waals surface area contributed by atoms with Crippen molar-refractivity contribution in [3.63, 3.8) is 0 Å². The first-order valence-corrected chi connectivity index (χ1v) is 10.2. The Kier molecular flexibility index (Phi) is 5.97. The number of carbonyl (C=O) groups is 1. The van der Waals surface area contributed by atoms with E-state index in [0.717, 1.165) is 48.2 Å². The number of hydrogen-bond acceptors (Lipinski definition) is 4. The molecule has 0 spiro atoms. The molecule has 3 aromatic rings. The average Bonchev–Trinajstić information content (AvgIpc) is 3.42. The standard InChI is InChI=1S/C24H28N2O3/c1-25(24(27)15-19-9-6-10-23-21(19)12-14-29-23)22(18-7-4-3-5-8-18)17-26-13-11-20(16-26)28-2/h3-10,12,14,20,22H,11,13,15-17H2,1-2H3. The van der Waals surface area contributed by atoms with Crippen molar-refractivity contribution in [1.29, 1.82) is 0 Å². The van der Waals surface area contributed by atoms with Crippen LogP contribution in [-0.2, 0) is 16.0 Å². The number of methoxy groups -OCH3 is 1. The van der Waals surface area contributed by atoms with E-state index < -0.39 is 0 Å². The average molecular weight is 392 g/mol. The van der Waals surface area contributed by atoms with Crippen LogP contribution in [0.4, 0.5) is 0 Å². The molecule has 2 unspecified atom stereocenters. The minimum absolute atomic E-state index is 0.00265. The van der Waals surface area contributed by atoms with E-state index in [1.54, 1.807) is 13.4 Å². The lowest BCUT2D eigenvalue weighted by Gasteiger charge is -2.32. The molecule has 0 radical (unpaired) electrons. The molecular weight excluding hydrogens is 364 g/mol. The minimum Gasteiger partial charge on any atom is -0.464 e. The molecule has 2 atom stereocenters. The largest absolute Gasteiger partial charge is 0.464 e. The van der Waals surface area contributed by atoms with Gasteiger partial charge < -0.3 is 14.1 Å². The molecule has 1 aromatic heterocycles. The Morgan fingerprint density at radius 3 is 2.79 bits per heavy atom. The van der Waals surface area contributed by atoms with Gasteiger partial charge in [0.2, 0.25) is 5.91 Å². The van der Waals surface area contributed by atoms with E-state index in [9.17, 15) is 4.79 Å². The lowest BCUT2D eigenvalue weighted by molar-refractivity contribution is -0.131. The van der Waals surface area contributed by atoms with E-state index in [1.165, 1.54) is 0 Å². The molecule has 5 heteroatoms. The Bertz CT molecular complexity index is 953. The van der Waals surface area contributed by atoms with Crippen molar-refractivity contribution in [1.82, 2.24) is 9.80 Å². The van der Waals surface area contributed by atoms with E-state index in [2.05, 4.69) is 17.0 Å². The fraction of sp³-hybridized carbons (Fsp3) is 0.375. The zero-order chi connectivity index (χ0) is 20.2. The predicted octanol–water partition coefficient (Wildman–Crippen LogP) is 3.90. The third-order valence-corrected chi connectivity index (χ3v) is 5.97. The van der Waals surface area contributed by atoms with Crippen LogP contribution in [-0.4, -0.2) is 55.6 Å². The Morgan fingerprint density at radius 2 is 2.03 bits per heavy atom. The maximum Gasteiger partial charge on any atom is 0.227 e. The summed E-state index contributed by atoms with van der Waals surface area (Å²) in [5.41, 5.74) is 2.98. The third kappa shape index (κ3) is 4.36. The molecule has 4 rings (SSSR count). The number of nitrogens with zero attached hydrogens (tertiary/aromatic N) is 2. The number of likely N-dealkylation sites (tertiary alicyclic amines) is 1. The molecule has 1 saturated heterocycles. The lowest BCUT2D eigenvalue weighted by Crippen LogP contribution is -2.39. The molecule has 0 N–H and O–H groups in total. The van der Waals surface area contributed by atoms with Gasteiger partial charge in [-0.2, -0.15) is 0 Å². The van der Waals surface area contributed by atoms with Crippen LogP contribution in [0.25, 0.3) is 11.0 Å². The molecule has 0 aliphatic carbocycles. The fourth-order valence-corrected chi connectivity index (χ4v) is 4.20. The summed E-state index contributed by atoms with van der Waals surface area (Å²) in [5.74, 6) is 0.107. The Hall–Kier alpha value is -2.63. The van der Waals surface area contributed by atoms with Gasteiger partial charge in [-0.25, -0.2) is 0 Å². The van der Waals surface area contributed by atoms with Gasteiger partial charge in [0.05, 0.1) is 24.8 Å². The maximum atomic E-state index is 13.2. The van der Waals surface area contributed by atoms with Gasteiger partial charge in [0.15, 0.2) is 0 Å². The first-order valence-electron chi connectivity index (χ1n) is 10.2. The zero-order valence-corrected chi connectivity index (χ0v) is 17.1. The quantitative estimate of drug-likeness (QED) is 0.612. The normalized spacial score (nSPS) is 18.2. The number of ether oxygens (including phenoxy) is 1. The first kappa shape index (κ1) is 19.7. The summed E-state index contributed by atoms with van der Waals surface area (Å²) in [5, 5.41) is 1.01. The highest BCUT2D eigenvalue weighted by Crippen LogP contribution is 2.26. The second-order valence-corrected chi connectivity index (χ2v) is 7.76. The molecule has 1 fully saturated rings. The van der Waals surface area contributed by atoms with Gasteiger partial charge in [-0.3, -0.25) is 9.69 Å². The summed E-state index contributed by atoms with van der Waals surface area (Å²) in [4.78, 5) is 17.5. The number of likely N-dealkylation sites (N-methyl/N-ethyl adjacent to an activating group) is 1. The molecule has 2 heterocycles. The van der Waals surface area contributed by atoms with Gasteiger partial charge in [-0.15, -0.1) is 0 Å². The van der Waals surface area contributed by atoms with Crippen LogP contribution in [0, 0.1) is 0 Å². The van der Waals surface area contributed by atoms with Crippen molar-refractivity contribution in [2.75, 3.05) is 33.8 Å². The van der Waals surface area contributed by atoms with Crippen molar-refractivity contribution in [2.45, 2.75) is 25.0 Å². The summed E-state index contributed by atoms with van der Waals surface area (Å²) < 4.78 is 11.0. The first-order chi connectivity index (χ1) is 14.2. The minimum atomic E-state index is 0.00265. The smallest absolute Gasteiger partial charge is 0.227 e. The number of amides is 1. The highest BCUT2D eigenvalue weighted by molar-refractivity contribution is 5.87. The molecule has 1 aliphatic rings. The van der Waals surface area contributed by atoms with E-state index in [4.69, 9.17) is 9.15 Å². The number of rotatable bonds is 7. The van der Waals surface area contributed by atoms with Crippen molar-refractivity contribution in [3.8, 4) is 0 Å². The van der Waals surface area contributed by atoms with Gasteiger partial charge in [0.25, 0.3) is 0 Å². The Labute approximate surface area is 171 Å². The predicted molar refractivity (Wildman–Crippen MR) is 114 cm³/mol. The van der Waals surface area contributed by atoms with Crippen LogP contribution in [0.5, 0.6) is 0 Å². The highest BCUT2D eigenvalue weighted by atomic mass is 16.5. The number of hydrogen-bond donors (Lipinski definition) is 0. The van der Waals surface area contributed by atoms with Gasteiger partial charge >= 0.3 is 0 Å². The van der Waals surface area contributed by atoms with Crippen LogP contribution in [0.3, 0.4) is 0 Å².